The zero-order valence-electron chi connectivity index (χ0n) is 8.49. The van der Waals surface area contributed by atoms with Crippen LogP contribution in [0.5, 0.6) is 0 Å². The SMILES string of the molecule is CN1CCCCC(=O)c2ccccc21. The maximum Gasteiger partial charge on any atom is 0.164 e. The van der Waals surface area contributed by atoms with E-state index in [0.29, 0.717) is 6.42 Å². The zero-order valence-corrected chi connectivity index (χ0v) is 8.49. The van der Waals surface area contributed by atoms with Crippen LogP contribution in [-0.2, 0) is 0 Å². The van der Waals surface area contributed by atoms with Crippen LogP contribution in [0, 0.1) is 0 Å². The van der Waals surface area contributed by atoms with E-state index >= 15 is 0 Å². The minimum atomic E-state index is 0.284. The number of carbonyl (C=O) groups is 1. The van der Waals surface area contributed by atoms with Gasteiger partial charge in [0.25, 0.3) is 0 Å². The van der Waals surface area contributed by atoms with Crippen molar-refractivity contribution in [3.05, 3.63) is 29.8 Å². The highest BCUT2D eigenvalue weighted by molar-refractivity contribution is 6.01. The Morgan fingerprint density at radius 1 is 1.21 bits per heavy atom. The monoisotopic (exact) mass is 189 g/mol. The Balaban J connectivity index is 2.44. The molecule has 0 saturated heterocycles. The molecule has 0 bridgehead atoms. The summed E-state index contributed by atoms with van der Waals surface area (Å²) in [5.74, 6) is 0.284. The quantitative estimate of drug-likeness (QED) is 0.625. The third-order valence-corrected chi connectivity index (χ3v) is 2.76. The van der Waals surface area contributed by atoms with Gasteiger partial charge in [-0.25, -0.2) is 0 Å². The first-order valence-corrected chi connectivity index (χ1v) is 5.12. The van der Waals surface area contributed by atoms with Crippen molar-refractivity contribution in [2.24, 2.45) is 0 Å². The Morgan fingerprint density at radius 3 is 2.86 bits per heavy atom. The normalized spacial score (nSPS) is 17.2. The van der Waals surface area contributed by atoms with Gasteiger partial charge in [-0.1, -0.05) is 12.1 Å². The van der Waals surface area contributed by atoms with Gasteiger partial charge in [0.2, 0.25) is 0 Å². The molecule has 2 heteroatoms. The number of hydrogen-bond acceptors (Lipinski definition) is 2. The highest BCUT2D eigenvalue weighted by Crippen LogP contribution is 2.23. The molecule has 0 spiro atoms. The van der Waals surface area contributed by atoms with Gasteiger partial charge >= 0.3 is 0 Å². The molecule has 2 nitrogen and oxygen atoms in total. The number of Topliss-reactive ketones (excluding diaryl/α,β-unsaturated/α-hetero) is 1. The number of ketones is 1. The summed E-state index contributed by atoms with van der Waals surface area (Å²) in [6.07, 6.45) is 2.82. The number of hydrogen-bond donors (Lipinski definition) is 0. The first-order valence-electron chi connectivity index (χ1n) is 5.12. The van der Waals surface area contributed by atoms with Crippen molar-refractivity contribution in [1.29, 1.82) is 0 Å². The first-order chi connectivity index (χ1) is 6.79. The fraction of sp³-hybridized carbons (Fsp3) is 0.417. The van der Waals surface area contributed by atoms with Crippen molar-refractivity contribution in [1.82, 2.24) is 0 Å². The van der Waals surface area contributed by atoms with E-state index < -0.39 is 0 Å². The molecule has 0 amide bonds. The van der Waals surface area contributed by atoms with Gasteiger partial charge in [-0.15, -0.1) is 0 Å². The molecule has 0 saturated carbocycles. The largest absolute Gasteiger partial charge is 0.374 e. The molecule has 0 fully saturated rings. The molecular weight excluding hydrogens is 174 g/mol. The maximum absolute atomic E-state index is 11.8. The number of rotatable bonds is 0. The summed E-state index contributed by atoms with van der Waals surface area (Å²) in [6, 6.07) is 7.88. The van der Waals surface area contributed by atoms with Crippen LogP contribution < -0.4 is 4.90 Å². The van der Waals surface area contributed by atoms with Crippen molar-refractivity contribution >= 4 is 11.5 Å². The van der Waals surface area contributed by atoms with Crippen LogP contribution in [0.2, 0.25) is 0 Å². The fourth-order valence-electron chi connectivity index (χ4n) is 1.93. The van der Waals surface area contributed by atoms with Crippen molar-refractivity contribution in [3.8, 4) is 0 Å². The summed E-state index contributed by atoms with van der Waals surface area (Å²) in [5.41, 5.74) is 1.96. The molecule has 0 radical (unpaired) electrons. The van der Waals surface area contributed by atoms with Gasteiger partial charge in [-0.05, 0) is 25.0 Å². The highest BCUT2D eigenvalue weighted by Gasteiger charge is 2.15. The number of nitrogens with zero attached hydrogens (tertiary/aromatic N) is 1. The summed E-state index contributed by atoms with van der Waals surface area (Å²) in [6.45, 7) is 1.05. The van der Waals surface area contributed by atoms with E-state index in [1.807, 2.05) is 24.3 Å². The van der Waals surface area contributed by atoms with Crippen LogP contribution in [0.3, 0.4) is 0 Å². The van der Waals surface area contributed by atoms with Crippen LogP contribution in [0.15, 0.2) is 24.3 Å². The van der Waals surface area contributed by atoms with Crippen molar-refractivity contribution in [3.63, 3.8) is 0 Å². The molecule has 0 unspecified atom stereocenters. The molecule has 0 N–H and O–H groups in total. The molecule has 1 aromatic carbocycles. The maximum atomic E-state index is 11.8. The Labute approximate surface area is 84.5 Å². The molecule has 1 aliphatic heterocycles. The molecule has 1 aromatic rings. The van der Waals surface area contributed by atoms with E-state index in [1.165, 1.54) is 0 Å². The van der Waals surface area contributed by atoms with Crippen molar-refractivity contribution in [2.75, 3.05) is 18.5 Å². The molecule has 0 aliphatic carbocycles. The average Bonchev–Trinajstić information content (AvgIpc) is 2.22. The van der Waals surface area contributed by atoms with Crippen LogP contribution in [-0.4, -0.2) is 19.4 Å². The number of carbonyl (C=O) groups excluding carboxylic acids is 1. The van der Waals surface area contributed by atoms with E-state index in [1.54, 1.807) is 0 Å². The van der Waals surface area contributed by atoms with Crippen LogP contribution >= 0.6 is 0 Å². The van der Waals surface area contributed by atoms with Crippen molar-refractivity contribution < 1.29 is 4.79 Å². The van der Waals surface area contributed by atoms with Gasteiger partial charge in [0, 0.05) is 31.3 Å². The molecule has 1 heterocycles. The second kappa shape index (κ2) is 3.82. The minimum absolute atomic E-state index is 0.284. The zero-order chi connectivity index (χ0) is 9.97. The van der Waals surface area contributed by atoms with E-state index in [2.05, 4.69) is 11.9 Å². The van der Waals surface area contributed by atoms with Gasteiger partial charge in [0.05, 0.1) is 0 Å². The number of anilines is 1. The molecule has 14 heavy (non-hydrogen) atoms. The molecule has 1 aliphatic rings. The molecule has 2 rings (SSSR count). The summed E-state index contributed by atoms with van der Waals surface area (Å²) in [5, 5.41) is 0. The van der Waals surface area contributed by atoms with Gasteiger partial charge in [-0.2, -0.15) is 0 Å². The third kappa shape index (κ3) is 1.65. The molecule has 74 valence electrons. The standard InChI is InChI=1S/C12H15NO/c1-13-9-5-4-8-12(14)10-6-2-3-7-11(10)13/h2-3,6-7H,4-5,8-9H2,1H3. The predicted octanol–water partition coefficient (Wildman–Crippen LogP) is 2.49. The Morgan fingerprint density at radius 2 is 2.00 bits per heavy atom. The summed E-state index contributed by atoms with van der Waals surface area (Å²) in [7, 11) is 2.05. The minimum Gasteiger partial charge on any atom is -0.374 e. The molecule has 0 atom stereocenters. The van der Waals surface area contributed by atoms with Crippen molar-refractivity contribution in [2.45, 2.75) is 19.3 Å². The molecular formula is C12H15NO. The van der Waals surface area contributed by atoms with E-state index in [9.17, 15) is 4.79 Å². The number of benzene rings is 1. The van der Waals surface area contributed by atoms with Gasteiger partial charge in [0.1, 0.15) is 0 Å². The lowest BCUT2D eigenvalue weighted by Crippen LogP contribution is -2.23. The number of fused-ring (bicyclic) bond motifs is 1. The Hall–Kier alpha value is -1.31. The fourth-order valence-corrected chi connectivity index (χ4v) is 1.93. The highest BCUT2D eigenvalue weighted by atomic mass is 16.1. The lowest BCUT2D eigenvalue weighted by Gasteiger charge is -2.24. The average molecular weight is 189 g/mol. The lowest BCUT2D eigenvalue weighted by molar-refractivity contribution is 0.0978. The Bertz CT molecular complexity index is 346. The third-order valence-electron chi connectivity index (χ3n) is 2.76. The van der Waals surface area contributed by atoms with E-state index in [0.717, 1.165) is 30.6 Å². The van der Waals surface area contributed by atoms with Gasteiger partial charge < -0.3 is 4.90 Å². The predicted molar refractivity (Wildman–Crippen MR) is 57.9 cm³/mol. The summed E-state index contributed by atoms with van der Waals surface area (Å²) in [4.78, 5) is 14.0. The Kier molecular flexibility index (Phi) is 2.53. The van der Waals surface area contributed by atoms with E-state index in [-0.39, 0.29) is 5.78 Å². The second-order valence-electron chi connectivity index (χ2n) is 3.82. The lowest BCUT2D eigenvalue weighted by atomic mass is 10.0. The van der Waals surface area contributed by atoms with Crippen LogP contribution in [0.1, 0.15) is 29.6 Å². The summed E-state index contributed by atoms with van der Waals surface area (Å²) < 4.78 is 0. The first kappa shape index (κ1) is 9.25. The van der Waals surface area contributed by atoms with Gasteiger partial charge in [-0.3, -0.25) is 4.79 Å². The topological polar surface area (TPSA) is 20.3 Å². The van der Waals surface area contributed by atoms with Gasteiger partial charge in [0.15, 0.2) is 5.78 Å². The second-order valence-corrected chi connectivity index (χ2v) is 3.82. The molecule has 0 aromatic heterocycles. The van der Waals surface area contributed by atoms with E-state index in [4.69, 9.17) is 0 Å². The van der Waals surface area contributed by atoms with Crippen LogP contribution in [0.25, 0.3) is 0 Å². The summed E-state index contributed by atoms with van der Waals surface area (Å²) >= 11 is 0. The van der Waals surface area contributed by atoms with Crippen LogP contribution in [0.4, 0.5) is 5.69 Å². The smallest absolute Gasteiger partial charge is 0.164 e. The number of para-hydroxylation sites is 1.